The molecule has 1 atom stereocenters. The van der Waals surface area contributed by atoms with Gasteiger partial charge in [-0.25, -0.2) is 0 Å². The van der Waals surface area contributed by atoms with Crippen molar-refractivity contribution in [1.82, 2.24) is 0 Å². The molecule has 0 aromatic carbocycles. The summed E-state index contributed by atoms with van der Waals surface area (Å²) < 4.78 is 0. The number of hydrogen-bond donors (Lipinski definition) is 1. The predicted molar refractivity (Wildman–Crippen MR) is 36.8 cm³/mol. The van der Waals surface area contributed by atoms with Gasteiger partial charge < -0.3 is 25.5 Å². The van der Waals surface area contributed by atoms with Crippen LogP contribution in [0.5, 0.6) is 0 Å². The summed E-state index contributed by atoms with van der Waals surface area (Å²) in [4.78, 5) is 31.0. The summed E-state index contributed by atoms with van der Waals surface area (Å²) >= 11 is 0. The van der Waals surface area contributed by atoms with Crippen LogP contribution in [-0.2, 0) is 14.4 Å². The zero-order chi connectivity index (χ0) is 10.4. The average Bonchev–Trinajstić information content (AvgIpc) is 2.02. The fourth-order valence-electron chi connectivity index (χ4n) is 0.798. The van der Waals surface area contributed by atoms with E-state index in [-0.39, 0.29) is 6.54 Å². The number of carboxylic acid groups (broad SMARTS) is 2. The van der Waals surface area contributed by atoms with Gasteiger partial charge in [-0.3, -0.25) is 4.79 Å². The Morgan fingerprint density at radius 2 is 1.69 bits per heavy atom. The molecule has 0 heterocycles. The van der Waals surface area contributed by atoms with Gasteiger partial charge in [0.15, 0.2) is 0 Å². The van der Waals surface area contributed by atoms with E-state index in [1.807, 2.05) is 0 Å². The minimum absolute atomic E-state index is 0.309. The van der Waals surface area contributed by atoms with E-state index in [4.69, 9.17) is 5.73 Å². The van der Waals surface area contributed by atoms with Crippen LogP contribution in [0.25, 0.3) is 0 Å². The minimum atomic E-state index is -1.58. The lowest BCUT2D eigenvalue weighted by Gasteiger charge is -2.16. The summed E-state index contributed by atoms with van der Waals surface area (Å²) in [6.45, 7) is -0.309. The van der Waals surface area contributed by atoms with Crippen LogP contribution in [0.15, 0.2) is 0 Å². The van der Waals surface area contributed by atoms with Gasteiger partial charge in [-0.15, -0.1) is 0 Å². The van der Waals surface area contributed by atoms with Crippen molar-refractivity contribution in [3.05, 3.63) is 0 Å². The zero-order valence-electron chi connectivity index (χ0n) is 6.82. The van der Waals surface area contributed by atoms with E-state index in [0.717, 1.165) is 0 Å². The fourth-order valence-corrected chi connectivity index (χ4v) is 0.798. The Balaban J connectivity index is 4.18. The number of ketones is 1. The van der Waals surface area contributed by atoms with E-state index in [2.05, 4.69) is 0 Å². The molecule has 2 N–H and O–H groups in total. The van der Waals surface area contributed by atoms with Crippen LogP contribution in [0, 0.1) is 5.92 Å². The number of nitrogens with two attached hydrogens (primary N) is 1. The van der Waals surface area contributed by atoms with E-state index >= 15 is 0 Å². The molecule has 6 heteroatoms. The topological polar surface area (TPSA) is 123 Å². The van der Waals surface area contributed by atoms with Crippen molar-refractivity contribution < 1.29 is 24.6 Å². The molecule has 13 heavy (non-hydrogen) atoms. The average molecular weight is 187 g/mol. The summed E-state index contributed by atoms with van der Waals surface area (Å²) in [6, 6.07) is 0. The first-order chi connectivity index (χ1) is 5.97. The molecule has 0 fully saturated rings. The lowest BCUT2D eigenvalue weighted by Crippen LogP contribution is -2.38. The highest BCUT2D eigenvalue weighted by Crippen LogP contribution is 2.06. The van der Waals surface area contributed by atoms with Crippen LogP contribution in [-0.4, -0.2) is 24.3 Å². The smallest absolute Gasteiger partial charge is 0.147 e. The molecule has 0 bridgehead atoms. The molecule has 74 valence electrons. The fraction of sp³-hybridized carbons (Fsp3) is 0.571. The molecular weight excluding hydrogens is 178 g/mol. The first kappa shape index (κ1) is 11.6. The molecule has 0 rings (SSSR count). The van der Waals surface area contributed by atoms with Crippen LogP contribution in [0.4, 0.5) is 0 Å². The Morgan fingerprint density at radius 3 is 2.00 bits per heavy atom. The van der Waals surface area contributed by atoms with E-state index in [1.165, 1.54) is 0 Å². The Morgan fingerprint density at radius 1 is 1.15 bits per heavy atom. The highest BCUT2D eigenvalue weighted by atomic mass is 16.4. The normalized spacial score (nSPS) is 12.1. The molecule has 0 saturated carbocycles. The predicted octanol–water partition coefficient (Wildman–Crippen LogP) is -3.59. The molecule has 0 amide bonds. The highest BCUT2D eigenvalue weighted by molar-refractivity contribution is 5.86. The maximum absolute atomic E-state index is 10.7. The molecule has 0 aliphatic carbocycles. The first-order valence-electron chi connectivity index (χ1n) is 3.59. The Hall–Kier alpha value is -1.43. The van der Waals surface area contributed by atoms with Gasteiger partial charge in [-0.1, -0.05) is 0 Å². The van der Waals surface area contributed by atoms with Gasteiger partial charge in [0, 0.05) is 24.3 Å². The molecule has 6 nitrogen and oxygen atoms in total. The van der Waals surface area contributed by atoms with Crippen LogP contribution in [0.1, 0.15) is 12.8 Å². The van der Waals surface area contributed by atoms with Crippen molar-refractivity contribution in [2.75, 3.05) is 6.54 Å². The van der Waals surface area contributed by atoms with Gasteiger partial charge in [-0.2, -0.15) is 0 Å². The number of aliphatic carboxylic acids is 2. The van der Waals surface area contributed by atoms with Gasteiger partial charge in [0.05, 0.1) is 6.54 Å². The van der Waals surface area contributed by atoms with Gasteiger partial charge in [0.1, 0.15) is 5.78 Å². The molecule has 0 radical (unpaired) electrons. The largest absolute Gasteiger partial charge is 0.550 e. The third-order valence-corrected chi connectivity index (χ3v) is 1.45. The summed E-state index contributed by atoms with van der Waals surface area (Å²) in [6.07, 6.45) is -1.15. The van der Waals surface area contributed by atoms with Crippen molar-refractivity contribution in [3.8, 4) is 0 Å². The second-order valence-corrected chi connectivity index (χ2v) is 2.54. The van der Waals surface area contributed by atoms with Gasteiger partial charge in [-0.05, 0) is 6.42 Å². The maximum atomic E-state index is 10.7. The number of Topliss-reactive ketones (excluding diaryl/α,β-unsaturated/α-hetero) is 1. The van der Waals surface area contributed by atoms with Crippen LogP contribution in [0.2, 0.25) is 0 Å². The van der Waals surface area contributed by atoms with Gasteiger partial charge >= 0.3 is 0 Å². The molecule has 0 saturated heterocycles. The highest BCUT2D eigenvalue weighted by Gasteiger charge is 2.14. The number of hydrogen-bond acceptors (Lipinski definition) is 6. The third kappa shape index (κ3) is 4.91. The maximum Gasteiger partial charge on any atom is 0.147 e. The molecular formula is C7H9NO5-2. The molecule has 0 aliphatic rings. The van der Waals surface area contributed by atoms with E-state index in [1.54, 1.807) is 0 Å². The van der Waals surface area contributed by atoms with Crippen LogP contribution >= 0.6 is 0 Å². The lowest BCUT2D eigenvalue weighted by atomic mass is 9.99. The summed E-state index contributed by atoms with van der Waals surface area (Å²) in [5.41, 5.74) is 4.93. The number of rotatable bonds is 6. The number of carbonyl (C=O) groups is 3. The van der Waals surface area contributed by atoms with Crippen molar-refractivity contribution in [2.24, 2.45) is 11.7 Å². The van der Waals surface area contributed by atoms with Crippen molar-refractivity contribution in [1.29, 1.82) is 0 Å². The van der Waals surface area contributed by atoms with E-state index < -0.39 is 36.5 Å². The summed E-state index contributed by atoms with van der Waals surface area (Å²) in [7, 11) is 0. The second kappa shape index (κ2) is 5.26. The number of carboxylic acids is 2. The van der Waals surface area contributed by atoms with E-state index in [0.29, 0.717) is 0 Å². The third-order valence-electron chi connectivity index (χ3n) is 1.45. The quantitative estimate of drug-likeness (QED) is 0.458. The van der Waals surface area contributed by atoms with Gasteiger partial charge in [0.2, 0.25) is 0 Å². The summed E-state index contributed by atoms with van der Waals surface area (Å²) in [5, 5.41) is 20.3. The SMILES string of the molecule is NCC(=O)CC(CC(=O)[O-])C(=O)[O-]. The summed E-state index contributed by atoms with van der Waals surface area (Å²) in [5.74, 6) is -4.97. The molecule has 0 aromatic heterocycles. The first-order valence-corrected chi connectivity index (χ1v) is 3.59. The van der Waals surface area contributed by atoms with Crippen LogP contribution < -0.4 is 15.9 Å². The Kier molecular flexibility index (Phi) is 4.68. The van der Waals surface area contributed by atoms with Crippen molar-refractivity contribution in [2.45, 2.75) is 12.8 Å². The molecule has 0 aromatic rings. The number of carbonyl (C=O) groups excluding carboxylic acids is 3. The van der Waals surface area contributed by atoms with Gasteiger partial charge in [0.25, 0.3) is 0 Å². The second-order valence-electron chi connectivity index (χ2n) is 2.54. The standard InChI is InChI=1S/C7H11NO5/c8-3-5(9)1-4(7(12)13)2-6(10)11/h4H,1-3,8H2,(H,10,11)(H,12,13)/p-2. The van der Waals surface area contributed by atoms with Crippen molar-refractivity contribution >= 4 is 17.7 Å². The Bertz CT molecular complexity index is 225. The molecule has 0 spiro atoms. The molecule has 0 aliphatic heterocycles. The minimum Gasteiger partial charge on any atom is -0.550 e. The monoisotopic (exact) mass is 187 g/mol. The van der Waals surface area contributed by atoms with Crippen molar-refractivity contribution in [3.63, 3.8) is 0 Å². The molecule has 1 unspecified atom stereocenters. The van der Waals surface area contributed by atoms with Crippen LogP contribution in [0.3, 0.4) is 0 Å². The zero-order valence-corrected chi connectivity index (χ0v) is 6.82. The lowest BCUT2D eigenvalue weighted by molar-refractivity contribution is -0.320. The van der Waals surface area contributed by atoms with E-state index in [9.17, 15) is 24.6 Å². The Labute approximate surface area is 74.3 Å².